The smallest absolute Gasteiger partial charge is 0.311 e. The molecule has 6 heteroatoms. The van der Waals surface area contributed by atoms with Crippen molar-refractivity contribution in [3.63, 3.8) is 0 Å². The summed E-state index contributed by atoms with van der Waals surface area (Å²) >= 11 is 0. The van der Waals surface area contributed by atoms with E-state index in [0.717, 1.165) is 32.4 Å². The van der Waals surface area contributed by atoms with Gasteiger partial charge in [-0.15, -0.1) is 0 Å². The molecule has 0 aliphatic heterocycles. The molecule has 0 aliphatic carbocycles. The zero-order valence-corrected chi connectivity index (χ0v) is 11.8. The Kier molecular flexibility index (Phi) is 6.05. The van der Waals surface area contributed by atoms with Gasteiger partial charge in [0.1, 0.15) is 5.82 Å². The topological polar surface area (TPSA) is 71.3 Å². The second kappa shape index (κ2) is 7.56. The molecule has 106 valence electrons. The lowest BCUT2D eigenvalue weighted by Crippen LogP contribution is -2.21. The molecule has 1 heterocycles. The van der Waals surface area contributed by atoms with Gasteiger partial charge in [0.15, 0.2) is 0 Å². The number of pyridine rings is 1. The Labute approximate surface area is 114 Å². The van der Waals surface area contributed by atoms with Crippen LogP contribution in [0.3, 0.4) is 0 Å². The molecule has 1 N–H and O–H groups in total. The Morgan fingerprint density at radius 3 is 2.68 bits per heavy atom. The van der Waals surface area contributed by atoms with E-state index in [1.807, 2.05) is 11.9 Å². The molecule has 6 nitrogen and oxygen atoms in total. The van der Waals surface area contributed by atoms with Crippen LogP contribution in [0.15, 0.2) is 12.1 Å². The van der Waals surface area contributed by atoms with Crippen LogP contribution in [0.2, 0.25) is 0 Å². The second-order valence-corrected chi connectivity index (χ2v) is 4.50. The number of rotatable bonds is 8. The number of aromatic nitrogens is 1. The molecule has 0 saturated heterocycles. The van der Waals surface area contributed by atoms with Crippen LogP contribution in [0.4, 0.5) is 17.3 Å². The first-order chi connectivity index (χ1) is 9.10. The maximum atomic E-state index is 11.0. The van der Waals surface area contributed by atoms with E-state index in [9.17, 15) is 10.1 Å². The molecular weight excluding hydrogens is 244 g/mol. The van der Waals surface area contributed by atoms with Gasteiger partial charge in [-0.2, -0.15) is 0 Å². The molecule has 0 fully saturated rings. The van der Waals surface area contributed by atoms with Crippen molar-refractivity contribution in [2.45, 2.75) is 33.1 Å². The van der Waals surface area contributed by atoms with Gasteiger partial charge in [0.25, 0.3) is 0 Å². The number of hydrogen-bond donors (Lipinski definition) is 1. The monoisotopic (exact) mass is 266 g/mol. The minimum Gasteiger partial charge on any atom is -0.370 e. The highest BCUT2D eigenvalue weighted by Gasteiger charge is 2.19. The summed E-state index contributed by atoms with van der Waals surface area (Å²) in [5.41, 5.74) is 0.0562. The van der Waals surface area contributed by atoms with Crippen LogP contribution < -0.4 is 10.2 Å². The number of nitrogens with one attached hydrogen (secondary N) is 1. The minimum absolute atomic E-state index is 0.0562. The average Bonchev–Trinajstić information content (AvgIpc) is 2.41. The Balaban J connectivity index is 2.97. The van der Waals surface area contributed by atoms with Crippen LogP contribution in [0.1, 0.15) is 33.1 Å². The van der Waals surface area contributed by atoms with Crippen LogP contribution in [0.5, 0.6) is 0 Å². The maximum Gasteiger partial charge on any atom is 0.311 e. The van der Waals surface area contributed by atoms with E-state index in [0.29, 0.717) is 11.6 Å². The third-order valence-corrected chi connectivity index (χ3v) is 2.82. The van der Waals surface area contributed by atoms with Crippen LogP contribution in [-0.4, -0.2) is 30.0 Å². The zero-order chi connectivity index (χ0) is 14.3. The molecule has 0 aliphatic rings. The highest BCUT2D eigenvalue weighted by Crippen LogP contribution is 2.27. The van der Waals surface area contributed by atoms with E-state index in [1.165, 1.54) is 6.07 Å². The van der Waals surface area contributed by atoms with Crippen molar-refractivity contribution in [3.05, 3.63) is 22.2 Å². The van der Waals surface area contributed by atoms with Crippen LogP contribution in [0, 0.1) is 10.1 Å². The number of nitrogens with zero attached hydrogens (tertiary/aromatic N) is 3. The van der Waals surface area contributed by atoms with Crippen LogP contribution >= 0.6 is 0 Å². The van der Waals surface area contributed by atoms with Crippen molar-refractivity contribution >= 4 is 17.3 Å². The first-order valence-electron chi connectivity index (χ1n) is 6.70. The van der Waals surface area contributed by atoms with Gasteiger partial charge in [-0.25, -0.2) is 4.98 Å². The van der Waals surface area contributed by atoms with Gasteiger partial charge in [-0.3, -0.25) is 10.1 Å². The molecule has 0 spiro atoms. The summed E-state index contributed by atoms with van der Waals surface area (Å²) in [5.74, 6) is 1.12. The Morgan fingerprint density at radius 1 is 1.37 bits per heavy atom. The predicted molar refractivity (Wildman–Crippen MR) is 77.9 cm³/mol. The second-order valence-electron chi connectivity index (χ2n) is 4.50. The summed E-state index contributed by atoms with van der Waals surface area (Å²) in [7, 11) is 1.84. The first kappa shape index (κ1) is 15.2. The largest absolute Gasteiger partial charge is 0.370 e. The van der Waals surface area contributed by atoms with E-state index in [4.69, 9.17) is 0 Å². The molecule has 19 heavy (non-hydrogen) atoms. The molecule has 0 aromatic carbocycles. The fourth-order valence-electron chi connectivity index (χ4n) is 1.72. The molecule has 0 radical (unpaired) electrons. The minimum atomic E-state index is -0.381. The molecule has 0 amide bonds. The van der Waals surface area contributed by atoms with Crippen molar-refractivity contribution in [3.8, 4) is 0 Å². The summed E-state index contributed by atoms with van der Waals surface area (Å²) in [5, 5.41) is 14.2. The normalized spacial score (nSPS) is 10.3. The van der Waals surface area contributed by atoms with Crippen molar-refractivity contribution in [2.75, 3.05) is 30.4 Å². The van der Waals surface area contributed by atoms with E-state index in [2.05, 4.69) is 24.1 Å². The van der Waals surface area contributed by atoms with Gasteiger partial charge < -0.3 is 10.2 Å². The summed E-state index contributed by atoms with van der Waals surface area (Å²) in [4.78, 5) is 16.9. The van der Waals surface area contributed by atoms with Gasteiger partial charge in [0, 0.05) is 26.2 Å². The molecular formula is C13H22N4O2. The molecule has 0 saturated carbocycles. The van der Waals surface area contributed by atoms with E-state index in [1.54, 1.807) is 6.07 Å². The van der Waals surface area contributed by atoms with E-state index < -0.39 is 0 Å². The molecule has 0 bridgehead atoms. The predicted octanol–water partition coefficient (Wildman–Crippen LogP) is 3.05. The van der Waals surface area contributed by atoms with Gasteiger partial charge in [0.2, 0.25) is 5.82 Å². The van der Waals surface area contributed by atoms with Gasteiger partial charge in [-0.05, 0) is 18.9 Å². The Hall–Kier alpha value is -1.85. The average molecular weight is 266 g/mol. The molecule has 1 aromatic heterocycles. The van der Waals surface area contributed by atoms with Crippen molar-refractivity contribution in [2.24, 2.45) is 0 Å². The lowest BCUT2D eigenvalue weighted by molar-refractivity contribution is -0.384. The molecule has 0 unspecified atom stereocenters. The number of anilines is 2. The third-order valence-electron chi connectivity index (χ3n) is 2.82. The van der Waals surface area contributed by atoms with E-state index >= 15 is 0 Å². The number of nitro groups is 1. The number of hydrogen-bond acceptors (Lipinski definition) is 5. The van der Waals surface area contributed by atoms with Gasteiger partial charge >= 0.3 is 5.69 Å². The van der Waals surface area contributed by atoms with Crippen molar-refractivity contribution < 1.29 is 4.92 Å². The standard InChI is InChI=1S/C13H22N4O2/c1-4-6-10-16(3)13-11(17(18)19)7-8-12(15-13)14-9-5-2/h7-8H,4-6,9-10H2,1-3H3,(H,14,15). The highest BCUT2D eigenvalue weighted by molar-refractivity contribution is 5.61. The first-order valence-corrected chi connectivity index (χ1v) is 6.70. The molecule has 1 rings (SSSR count). The van der Waals surface area contributed by atoms with Gasteiger partial charge in [-0.1, -0.05) is 20.3 Å². The molecule has 1 aromatic rings. The molecule has 0 atom stereocenters. The summed E-state index contributed by atoms with van der Waals surface area (Å²) in [6.07, 6.45) is 3.02. The van der Waals surface area contributed by atoms with Gasteiger partial charge in [0.05, 0.1) is 4.92 Å². The summed E-state index contributed by atoms with van der Waals surface area (Å²) < 4.78 is 0. The highest BCUT2D eigenvalue weighted by atomic mass is 16.6. The third kappa shape index (κ3) is 4.39. The van der Waals surface area contributed by atoms with Crippen LogP contribution in [0.25, 0.3) is 0 Å². The fraction of sp³-hybridized carbons (Fsp3) is 0.615. The van der Waals surface area contributed by atoms with Crippen molar-refractivity contribution in [1.82, 2.24) is 4.98 Å². The Morgan fingerprint density at radius 2 is 2.11 bits per heavy atom. The fourth-order valence-corrected chi connectivity index (χ4v) is 1.72. The Bertz CT molecular complexity index is 423. The zero-order valence-electron chi connectivity index (χ0n) is 11.8. The lowest BCUT2D eigenvalue weighted by Gasteiger charge is -2.18. The SMILES string of the molecule is CCCCN(C)c1nc(NCCC)ccc1[N+](=O)[O-]. The van der Waals surface area contributed by atoms with Crippen LogP contribution in [-0.2, 0) is 0 Å². The number of unbranched alkanes of at least 4 members (excludes halogenated alkanes) is 1. The lowest BCUT2D eigenvalue weighted by atomic mass is 10.3. The summed E-state index contributed by atoms with van der Waals surface area (Å²) in [6, 6.07) is 3.17. The quantitative estimate of drug-likeness (QED) is 0.578. The van der Waals surface area contributed by atoms with Crippen molar-refractivity contribution in [1.29, 1.82) is 0 Å². The maximum absolute atomic E-state index is 11.0. The summed E-state index contributed by atoms with van der Waals surface area (Å²) in [6.45, 7) is 5.73. The van der Waals surface area contributed by atoms with E-state index in [-0.39, 0.29) is 10.6 Å².